The van der Waals surface area contributed by atoms with E-state index in [1.54, 1.807) is 18.2 Å². The van der Waals surface area contributed by atoms with Gasteiger partial charge >= 0.3 is 0 Å². The van der Waals surface area contributed by atoms with Crippen molar-refractivity contribution >= 4 is 32.3 Å². The predicted molar refractivity (Wildman–Crippen MR) is 59.4 cm³/mol. The normalized spacial score (nSPS) is 11.1. The van der Waals surface area contributed by atoms with Crippen LogP contribution in [-0.4, -0.2) is 20.0 Å². The summed E-state index contributed by atoms with van der Waals surface area (Å²) in [6.45, 7) is 2.49. The fraction of sp³-hybridized carbons (Fsp3) is 0.222. The Balaban J connectivity index is 2.52. The van der Waals surface area contributed by atoms with E-state index in [-0.39, 0.29) is 4.34 Å². The van der Waals surface area contributed by atoms with Gasteiger partial charge in [-0.05, 0) is 25.1 Å². The van der Waals surface area contributed by atoms with E-state index in [0.29, 0.717) is 12.1 Å². The van der Waals surface area contributed by atoms with Crippen LogP contribution in [0.15, 0.2) is 22.5 Å². The largest absolute Gasteiger partial charge is 0.494 e. The minimum absolute atomic E-state index is 0.147. The first-order chi connectivity index (χ1) is 7.20. The fourth-order valence-electron chi connectivity index (χ4n) is 1.23. The van der Waals surface area contributed by atoms with Crippen LogP contribution in [0, 0.1) is 0 Å². The Morgan fingerprint density at radius 3 is 2.93 bits per heavy atom. The molecule has 0 unspecified atom stereocenters. The average Bonchev–Trinajstić information content (AvgIpc) is 2.61. The summed E-state index contributed by atoms with van der Waals surface area (Å²) in [5.74, 6) is 0.737. The van der Waals surface area contributed by atoms with Gasteiger partial charge in [0.2, 0.25) is 4.34 Å². The van der Waals surface area contributed by atoms with E-state index in [1.165, 1.54) is 0 Å². The Kier molecular flexibility index (Phi) is 2.88. The summed E-state index contributed by atoms with van der Waals surface area (Å²) in [7, 11) is -2.59. The van der Waals surface area contributed by atoms with Gasteiger partial charge in [0.1, 0.15) is 5.75 Å². The minimum atomic E-state index is -2.59. The van der Waals surface area contributed by atoms with Crippen LogP contribution in [0.2, 0.25) is 0 Å². The van der Waals surface area contributed by atoms with Gasteiger partial charge in [-0.1, -0.05) is 0 Å². The van der Waals surface area contributed by atoms with E-state index in [0.717, 1.165) is 21.8 Å². The Morgan fingerprint density at radius 2 is 2.27 bits per heavy atom. The fourth-order valence-corrected chi connectivity index (χ4v) is 2.74. The van der Waals surface area contributed by atoms with E-state index in [2.05, 4.69) is 4.98 Å². The molecule has 4 nitrogen and oxygen atoms in total. The van der Waals surface area contributed by atoms with Gasteiger partial charge in [-0.15, -0.1) is 11.3 Å². The van der Waals surface area contributed by atoms with Crippen molar-refractivity contribution < 1.29 is 13.2 Å². The molecular weight excluding hydrogens is 234 g/mol. The molecule has 0 spiro atoms. The lowest BCUT2D eigenvalue weighted by Crippen LogP contribution is -1.89. The van der Waals surface area contributed by atoms with Crippen LogP contribution in [0.3, 0.4) is 0 Å². The quantitative estimate of drug-likeness (QED) is 0.833. The molecule has 0 saturated carbocycles. The second-order valence-corrected chi connectivity index (χ2v) is 5.09. The highest BCUT2D eigenvalue weighted by atomic mass is 32.2. The maximum atomic E-state index is 10.7. The first-order valence-electron chi connectivity index (χ1n) is 4.38. The van der Waals surface area contributed by atoms with Gasteiger partial charge in [0.25, 0.3) is 0 Å². The molecule has 0 amide bonds. The number of hydrogen-bond acceptors (Lipinski definition) is 5. The number of fused-ring (bicyclic) bond motifs is 1. The van der Waals surface area contributed by atoms with Gasteiger partial charge in [0, 0.05) is 0 Å². The van der Waals surface area contributed by atoms with Crippen LogP contribution in [0.25, 0.3) is 10.2 Å². The average molecular weight is 243 g/mol. The molecule has 15 heavy (non-hydrogen) atoms. The summed E-state index contributed by atoms with van der Waals surface area (Å²) < 4.78 is 27.8. The maximum absolute atomic E-state index is 10.7. The van der Waals surface area contributed by atoms with E-state index in [1.807, 2.05) is 6.92 Å². The molecule has 1 aromatic carbocycles. The molecule has 0 atom stereocenters. The van der Waals surface area contributed by atoms with Crippen molar-refractivity contribution in [2.45, 2.75) is 11.3 Å². The molecule has 0 radical (unpaired) electrons. The molecule has 1 aromatic heterocycles. The molecule has 0 N–H and O–H groups in total. The lowest BCUT2D eigenvalue weighted by molar-refractivity contribution is 0.341. The lowest BCUT2D eigenvalue weighted by Gasteiger charge is -2.00. The first-order valence-corrected chi connectivity index (χ1v) is 6.38. The van der Waals surface area contributed by atoms with Crippen LogP contribution >= 0.6 is 11.3 Å². The molecule has 6 heteroatoms. The number of aromatic nitrogens is 1. The second kappa shape index (κ2) is 4.16. The number of benzene rings is 1. The molecule has 0 aliphatic carbocycles. The highest BCUT2D eigenvalue weighted by Crippen LogP contribution is 2.26. The predicted octanol–water partition coefficient (Wildman–Crippen LogP) is 1.67. The van der Waals surface area contributed by atoms with Crippen molar-refractivity contribution in [3.05, 3.63) is 18.2 Å². The maximum Gasteiger partial charge on any atom is 0.207 e. The van der Waals surface area contributed by atoms with E-state index >= 15 is 0 Å². The molecule has 0 saturated heterocycles. The topological polar surface area (TPSA) is 56.3 Å². The standard InChI is InChI=1S/C9H9NO3S2/c1-2-13-6-3-4-7-8(5-6)14-9(10-7)15(11)12/h3-5,15H,2H2,1H3. The SMILES string of the molecule is CCOc1ccc2nc([SH](=O)=O)sc2c1. The highest BCUT2D eigenvalue weighted by molar-refractivity contribution is 7.75. The van der Waals surface area contributed by atoms with E-state index in [9.17, 15) is 8.42 Å². The zero-order valence-corrected chi connectivity index (χ0v) is 9.68. The summed E-state index contributed by atoms with van der Waals surface area (Å²) >= 11 is 1.16. The molecule has 0 bridgehead atoms. The van der Waals surface area contributed by atoms with Crippen molar-refractivity contribution in [3.63, 3.8) is 0 Å². The summed E-state index contributed by atoms with van der Waals surface area (Å²) in [6, 6.07) is 5.35. The zero-order chi connectivity index (χ0) is 10.8. The first kappa shape index (κ1) is 10.4. The number of thiazole rings is 1. The molecule has 80 valence electrons. The third kappa shape index (κ3) is 2.10. The summed E-state index contributed by atoms with van der Waals surface area (Å²) in [5.41, 5.74) is 0.692. The van der Waals surface area contributed by atoms with Gasteiger partial charge in [-0.3, -0.25) is 0 Å². The summed E-state index contributed by atoms with van der Waals surface area (Å²) in [6.07, 6.45) is 0. The smallest absolute Gasteiger partial charge is 0.207 e. The molecule has 0 aliphatic heterocycles. The highest BCUT2D eigenvalue weighted by Gasteiger charge is 2.06. The second-order valence-electron chi connectivity index (χ2n) is 2.82. The third-order valence-corrected chi connectivity index (χ3v) is 3.77. The zero-order valence-electron chi connectivity index (χ0n) is 7.97. The molecular formula is C9H9NO3S2. The molecule has 0 fully saturated rings. The number of ether oxygens (including phenoxy) is 1. The Morgan fingerprint density at radius 1 is 1.47 bits per heavy atom. The number of rotatable bonds is 3. The summed E-state index contributed by atoms with van der Waals surface area (Å²) in [4.78, 5) is 3.98. The minimum Gasteiger partial charge on any atom is -0.494 e. The van der Waals surface area contributed by atoms with Crippen LogP contribution in [-0.2, 0) is 10.7 Å². The van der Waals surface area contributed by atoms with Crippen molar-refractivity contribution in [3.8, 4) is 5.75 Å². The van der Waals surface area contributed by atoms with Crippen molar-refractivity contribution in [2.24, 2.45) is 0 Å². The van der Waals surface area contributed by atoms with Gasteiger partial charge in [0.15, 0.2) is 10.7 Å². The van der Waals surface area contributed by atoms with E-state index < -0.39 is 10.7 Å². The van der Waals surface area contributed by atoms with Crippen molar-refractivity contribution in [2.75, 3.05) is 6.61 Å². The molecule has 1 heterocycles. The molecule has 2 aromatic rings. The van der Waals surface area contributed by atoms with Crippen molar-refractivity contribution in [1.29, 1.82) is 0 Å². The number of nitrogens with zero attached hydrogens (tertiary/aromatic N) is 1. The van der Waals surface area contributed by atoms with Crippen molar-refractivity contribution in [1.82, 2.24) is 4.98 Å². The van der Waals surface area contributed by atoms with Crippen LogP contribution in [0.4, 0.5) is 0 Å². The molecule has 0 aliphatic rings. The van der Waals surface area contributed by atoms with Crippen LogP contribution in [0.5, 0.6) is 5.75 Å². The third-order valence-electron chi connectivity index (χ3n) is 1.82. The monoisotopic (exact) mass is 243 g/mol. The molecule has 2 rings (SSSR count). The van der Waals surface area contributed by atoms with Gasteiger partial charge < -0.3 is 4.74 Å². The van der Waals surface area contributed by atoms with Crippen LogP contribution < -0.4 is 4.74 Å². The number of thiol groups is 1. The number of hydrogen-bond donors (Lipinski definition) is 1. The summed E-state index contributed by atoms with van der Waals surface area (Å²) in [5, 5.41) is 0. The van der Waals surface area contributed by atoms with Gasteiger partial charge in [-0.25, -0.2) is 13.4 Å². The Labute approximate surface area is 92.5 Å². The van der Waals surface area contributed by atoms with Crippen LogP contribution in [0.1, 0.15) is 6.92 Å². The van der Waals surface area contributed by atoms with E-state index in [4.69, 9.17) is 4.74 Å². The Bertz CT molecular complexity index is 551. The van der Waals surface area contributed by atoms with Gasteiger partial charge in [0.05, 0.1) is 16.8 Å². The Hall–Kier alpha value is -1.14. The lowest BCUT2D eigenvalue weighted by atomic mass is 10.3. The van der Waals surface area contributed by atoms with Gasteiger partial charge in [-0.2, -0.15) is 0 Å².